The van der Waals surface area contributed by atoms with Gasteiger partial charge in [0.1, 0.15) is 38.0 Å². The highest BCUT2D eigenvalue weighted by atomic mass is 16.9. The summed E-state index contributed by atoms with van der Waals surface area (Å²) < 4.78 is 25.7. The molecule has 2 aromatic rings. The Morgan fingerprint density at radius 3 is 2.05 bits per heavy atom. The van der Waals surface area contributed by atoms with Gasteiger partial charge in [-0.15, -0.1) is 0 Å². The van der Waals surface area contributed by atoms with Crippen molar-refractivity contribution in [3.05, 3.63) is 84.0 Å². The molecule has 1 aliphatic rings. The number of hydrogen-bond donors (Lipinski definition) is 1. The first-order valence-corrected chi connectivity index (χ1v) is 11.7. The van der Waals surface area contributed by atoms with E-state index in [9.17, 15) is 24.6 Å². The lowest BCUT2D eigenvalue weighted by Gasteiger charge is -2.34. The van der Waals surface area contributed by atoms with Gasteiger partial charge in [0.05, 0.1) is 12.2 Å². The maximum absolute atomic E-state index is 13.0. The second kappa shape index (κ2) is 12.6. The zero-order chi connectivity index (χ0) is 27.9. The van der Waals surface area contributed by atoms with Crippen LogP contribution < -0.4 is 5.11 Å². The van der Waals surface area contributed by atoms with Gasteiger partial charge in [-0.25, -0.2) is 14.4 Å². The number of aliphatic hydroxyl groups is 1. The topological polar surface area (TPSA) is 141 Å². The third-order valence-corrected chi connectivity index (χ3v) is 5.38. The van der Waals surface area contributed by atoms with Crippen LogP contribution in [0.15, 0.2) is 72.8 Å². The molecule has 0 aliphatic carbocycles. The van der Waals surface area contributed by atoms with Crippen LogP contribution in [-0.4, -0.2) is 61.6 Å². The minimum atomic E-state index is -2.22. The number of esters is 3. The third kappa shape index (κ3) is 7.59. The molecule has 3 rings (SSSR count). The molecule has 10 nitrogen and oxygen atoms in total. The van der Waals surface area contributed by atoms with Crippen molar-refractivity contribution in [2.75, 3.05) is 26.4 Å². The Hall–Kier alpha value is -3.83. The fourth-order valence-electron chi connectivity index (χ4n) is 3.28. The molecule has 10 heteroatoms. The summed E-state index contributed by atoms with van der Waals surface area (Å²) in [6, 6.07) is 13.1. The molecule has 0 bridgehead atoms. The van der Waals surface area contributed by atoms with Crippen molar-refractivity contribution < 1.29 is 48.3 Å². The van der Waals surface area contributed by atoms with E-state index in [1.807, 2.05) is 0 Å². The first kappa shape index (κ1) is 28.7. The van der Waals surface area contributed by atoms with Crippen molar-refractivity contribution in [1.82, 2.24) is 0 Å². The predicted molar refractivity (Wildman–Crippen MR) is 132 cm³/mol. The van der Waals surface area contributed by atoms with E-state index in [0.717, 1.165) is 11.1 Å². The Morgan fingerprint density at radius 2 is 1.47 bits per heavy atom. The van der Waals surface area contributed by atoms with Crippen molar-refractivity contribution in [2.45, 2.75) is 32.0 Å². The lowest BCUT2D eigenvalue weighted by Crippen LogP contribution is -2.42. The smallest absolute Gasteiger partial charge is 0.338 e. The maximum Gasteiger partial charge on any atom is 0.338 e. The van der Waals surface area contributed by atoms with E-state index in [1.165, 1.54) is 13.8 Å². The van der Waals surface area contributed by atoms with Gasteiger partial charge < -0.3 is 33.9 Å². The first-order valence-electron chi connectivity index (χ1n) is 11.7. The predicted octanol–water partition coefficient (Wildman–Crippen LogP) is 2.00. The van der Waals surface area contributed by atoms with Crippen LogP contribution in [0.3, 0.4) is 0 Å². The molecule has 0 radical (unpaired) electrons. The van der Waals surface area contributed by atoms with Gasteiger partial charge in [-0.3, -0.25) is 0 Å². The maximum atomic E-state index is 13.0. The van der Waals surface area contributed by atoms with Gasteiger partial charge in [-0.2, -0.15) is 0 Å². The van der Waals surface area contributed by atoms with Crippen molar-refractivity contribution in [1.29, 1.82) is 0 Å². The Morgan fingerprint density at radius 1 is 0.947 bits per heavy atom. The molecule has 0 aromatic heterocycles. The summed E-state index contributed by atoms with van der Waals surface area (Å²) in [5, 5.41) is 22.8. The van der Waals surface area contributed by atoms with Gasteiger partial charge in [0.15, 0.2) is 0 Å². The normalized spacial score (nSPS) is 19.3. The lowest BCUT2D eigenvalue weighted by molar-refractivity contribution is -0.629. The lowest BCUT2D eigenvalue weighted by atomic mass is 10.0. The molecule has 0 spiro atoms. The summed E-state index contributed by atoms with van der Waals surface area (Å²) in [6.07, 6.45) is -1.87. The monoisotopic (exact) mass is 525 g/mol. The van der Waals surface area contributed by atoms with E-state index in [4.69, 9.17) is 23.7 Å². The summed E-state index contributed by atoms with van der Waals surface area (Å²) in [7, 11) is 0. The van der Waals surface area contributed by atoms with E-state index >= 15 is 0 Å². The molecule has 1 saturated heterocycles. The zero-order valence-corrected chi connectivity index (χ0v) is 21.1. The van der Waals surface area contributed by atoms with Crippen LogP contribution in [0.2, 0.25) is 0 Å². The molecule has 3 atom stereocenters. The molecule has 202 valence electrons. The summed E-state index contributed by atoms with van der Waals surface area (Å²) in [6.45, 7) is 9.12. The minimum absolute atomic E-state index is 0.0248. The van der Waals surface area contributed by atoms with Gasteiger partial charge in [-0.05, 0) is 42.7 Å². The van der Waals surface area contributed by atoms with E-state index in [1.54, 1.807) is 48.5 Å². The number of rotatable bonds is 11. The Kier molecular flexibility index (Phi) is 9.54. The van der Waals surface area contributed by atoms with Crippen LogP contribution in [-0.2, 0) is 39.2 Å². The molecule has 38 heavy (non-hydrogen) atoms. The standard InChI is InChI=1S/C28H29O10/c1-17(2)25(30)34-13-23(29)14-35-27(32)21-7-5-19(6-8-21)20-9-11-22(12-10-20)28(33)37-16-24(38-28)15-36-26(31)18(3)4/h5-12,23-24,29H,1,3,13-16H2,2,4H3/q-1. The number of ether oxygens (including phenoxy) is 5. The number of carbonyl (C=O) groups excluding carboxylic acids is 3. The average Bonchev–Trinajstić information content (AvgIpc) is 3.30. The number of carbonyl (C=O) groups is 3. The molecule has 1 heterocycles. The fourth-order valence-corrected chi connectivity index (χ4v) is 3.28. The van der Waals surface area contributed by atoms with E-state index in [0.29, 0.717) is 0 Å². The second-order valence-electron chi connectivity index (χ2n) is 8.77. The Balaban J connectivity index is 1.53. The van der Waals surface area contributed by atoms with Crippen LogP contribution in [0.5, 0.6) is 0 Å². The van der Waals surface area contributed by atoms with Crippen molar-refractivity contribution in [3.63, 3.8) is 0 Å². The summed E-state index contributed by atoms with van der Waals surface area (Å²) in [4.78, 5) is 35.1. The molecule has 1 fully saturated rings. The van der Waals surface area contributed by atoms with Gasteiger partial charge in [-0.1, -0.05) is 49.6 Å². The number of hydrogen-bond acceptors (Lipinski definition) is 10. The number of benzene rings is 2. The molecular formula is C28H29O10-. The first-order chi connectivity index (χ1) is 18.0. The number of aliphatic hydroxyl groups excluding tert-OH is 1. The van der Waals surface area contributed by atoms with Crippen LogP contribution >= 0.6 is 0 Å². The van der Waals surface area contributed by atoms with E-state index in [2.05, 4.69) is 13.2 Å². The summed E-state index contributed by atoms with van der Waals surface area (Å²) >= 11 is 0. The van der Waals surface area contributed by atoms with Gasteiger partial charge in [0.2, 0.25) is 0 Å². The molecular weight excluding hydrogens is 496 g/mol. The Labute approximate surface area is 220 Å². The molecule has 2 aromatic carbocycles. The van der Waals surface area contributed by atoms with Gasteiger partial charge in [0, 0.05) is 11.1 Å². The van der Waals surface area contributed by atoms with Crippen LogP contribution in [0.25, 0.3) is 11.1 Å². The summed E-state index contributed by atoms with van der Waals surface area (Å²) in [5.74, 6) is -4.08. The van der Waals surface area contributed by atoms with Crippen LogP contribution in [0.1, 0.15) is 29.8 Å². The SMILES string of the molecule is C=C(C)C(=O)OCC(O)COC(=O)c1ccc(-c2ccc(C3([O-])OCC(COC(=O)C(=C)C)O3)cc2)cc1. The molecule has 1 aliphatic heterocycles. The highest BCUT2D eigenvalue weighted by molar-refractivity contribution is 5.90. The quantitative estimate of drug-likeness (QED) is 0.263. The fraction of sp³-hybridized carbons (Fsp3) is 0.321. The summed E-state index contributed by atoms with van der Waals surface area (Å²) in [5.41, 5.74) is 2.51. The average molecular weight is 526 g/mol. The highest BCUT2D eigenvalue weighted by Gasteiger charge is 2.34. The van der Waals surface area contributed by atoms with Crippen molar-refractivity contribution in [2.24, 2.45) is 0 Å². The minimum Gasteiger partial charge on any atom is -0.803 e. The second-order valence-corrected chi connectivity index (χ2v) is 8.77. The molecule has 0 amide bonds. The van der Waals surface area contributed by atoms with E-state index in [-0.39, 0.29) is 48.7 Å². The zero-order valence-electron chi connectivity index (χ0n) is 21.1. The van der Waals surface area contributed by atoms with Crippen LogP contribution in [0, 0.1) is 0 Å². The third-order valence-electron chi connectivity index (χ3n) is 5.38. The molecule has 0 saturated carbocycles. The molecule has 3 unspecified atom stereocenters. The highest BCUT2D eigenvalue weighted by Crippen LogP contribution is 2.31. The van der Waals surface area contributed by atoms with E-state index < -0.39 is 36.1 Å². The van der Waals surface area contributed by atoms with Crippen molar-refractivity contribution in [3.8, 4) is 11.1 Å². The van der Waals surface area contributed by atoms with Gasteiger partial charge >= 0.3 is 17.9 Å². The Bertz CT molecular complexity index is 1190. The molecule has 1 N–H and O–H groups in total. The largest absolute Gasteiger partial charge is 0.803 e. The van der Waals surface area contributed by atoms with Gasteiger partial charge in [0.25, 0.3) is 0 Å². The van der Waals surface area contributed by atoms with Crippen LogP contribution in [0.4, 0.5) is 0 Å². The van der Waals surface area contributed by atoms with Crippen molar-refractivity contribution >= 4 is 17.9 Å².